The summed E-state index contributed by atoms with van der Waals surface area (Å²) in [5.41, 5.74) is 0.137. The molecule has 5 nitrogen and oxygen atoms in total. The predicted octanol–water partition coefficient (Wildman–Crippen LogP) is 1.27. The number of aromatic nitrogens is 4. The topological polar surface area (TPSA) is 44.8 Å². The molecule has 2 aromatic rings. The summed E-state index contributed by atoms with van der Waals surface area (Å²) in [6, 6.07) is 0.470. The van der Waals surface area contributed by atoms with Crippen molar-refractivity contribution >= 4 is 0 Å². The molecule has 0 atom stereocenters. The summed E-state index contributed by atoms with van der Waals surface area (Å²) in [5.74, 6) is 0. The monoisotopic (exact) mass is 232 g/mol. The highest BCUT2D eigenvalue weighted by Crippen LogP contribution is 2.33. The van der Waals surface area contributed by atoms with E-state index in [1.165, 1.54) is 0 Å². The molecule has 0 saturated heterocycles. The van der Waals surface area contributed by atoms with Crippen LogP contribution >= 0.6 is 0 Å². The van der Waals surface area contributed by atoms with Crippen LogP contribution in [0.25, 0.3) is 0 Å². The summed E-state index contributed by atoms with van der Waals surface area (Å²) in [6.45, 7) is 1.68. The van der Waals surface area contributed by atoms with Gasteiger partial charge < -0.3 is 4.57 Å². The van der Waals surface area contributed by atoms with Crippen molar-refractivity contribution in [1.29, 1.82) is 0 Å². The van der Waals surface area contributed by atoms with E-state index in [2.05, 4.69) is 4.98 Å². The van der Waals surface area contributed by atoms with Gasteiger partial charge in [-0.3, -0.25) is 9.13 Å². The van der Waals surface area contributed by atoms with E-state index in [9.17, 15) is 4.79 Å². The maximum Gasteiger partial charge on any atom is 0.328 e. The van der Waals surface area contributed by atoms with E-state index >= 15 is 0 Å². The average molecular weight is 232 g/mol. The maximum absolute atomic E-state index is 11.9. The Kier molecular flexibility index (Phi) is 2.59. The fourth-order valence-electron chi connectivity index (χ4n) is 2.07. The quantitative estimate of drug-likeness (QED) is 0.779. The van der Waals surface area contributed by atoms with Crippen LogP contribution in [-0.4, -0.2) is 18.7 Å². The average Bonchev–Trinajstić information content (AvgIpc) is 2.91. The number of aryl methyl sites for hydroxylation is 2. The normalized spacial score (nSPS) is 15.3. The van der Waals surface area contributed by atoms with E-state index in [1.54, 1.807) is 17.1 Å². The molecule has 0 bridgehead atoms. The minimum Gasteiger partial charge on any atom is -0.337 e. The first-order valence-electron chi connectivity index (χ1n) is 6.07. The molecule has 0 unspecified atom stereocenters. The van der Waals surface area contributed by atoms with Crippen molar-refractivity contribution in [3.8, 4) is 0 Å². The lowest BCUT2D eigenvalue weighted by Gasteiger charge is -2.03. The predicted molar refractivity (Wildman–Crippen MR) is 63.8 cm³/mol. The van der Waals surface area contributed by atoms with Crippen LogP contribution in [0.5, 0.6) is 0 Å². The highest BCUT2D eigenvalue weighted by Gasteiger charge is 2.25. The Morgan fingerprint density at radius 1 is 1.24 bits per heavy atom. The van der Waals surface area contributed by atoms with Gasteiger partial charge in [0.1, 0.15) is 0 Å². The molecular formula is C12H16N4O. The Morgan fingerprint density at radius 3 is 2.82 bits per heavy atom. The Labute approximate surface area is 99.3 Å². The third-order valence-corrected chi connectivity index (χ3v) is 3.19. The molecule has 0 spiro atoms. The molecule has 5 heteroatoms. The second-order valence-electron chi connectivity index (χ2n) is 4.57. The number of rotatable bonds is 5. The van der Waals surface area contributed by atoms with Gasteiger partial charge in [-0.1, -0.05) is 0 Å². The molecule has 1 aliphatic rings. The summed E-state index contributed by atoms with van der Waals surface area (Å²) in [4.78, 5) is 15.9. The van der Waals surface area contributed by atoms with Crippen LogP contribution in [0.4, 0.5) is 0 Å². The number of nitrogens with zero attached hydrogens (tertiary/aromatic N) is 4. The minimum atomic E-state index is 0.137. The van der Waals surface area contributed by atoms with Gasteiger partial charge >= 0.3 is 5.69 Å². The van der Waals surface area contributed by atoms with E-state index in [4.69, 9.17) is 0 Å². The maximum atomic E-state index is 11.9. The molecule has 0 N–H and O–H groups in total. The SMILES string of the molecule is O=c1n(CCCn2ccnc2)ccn1C1CC1. The fraction of sp³-hybridized carbons (Fsp3) is 0.500. The van der Waals surface area contributed by atoms with Crippen molar-refractivity contribution in [3.05, 3.63) is 41.6 Å². The third kappa shape index (κ3) is 2.18. The van der Waals surface area contributed by atoms with Gasteiger partial charge in [-0.05, 0) is 19.3 Å². The smallest absolute Gasteiger partial charge is 0.328 e. The van der Waals surface area contributed by atoms with E-state index in [1.807, 2.05) is 27.7 Å². The third-order valence-electron chi connectivity index (χ3n) is 3.19. The van der Waals surface area contributed by atoms with Gasteiger partial charge in [0.15, 0.2) is 0 Å². The van der Waals surface area contributed by atoms with Crippen LogP contribution in [0.15, 0.2) is 35.9 Å². The molecule has 17 heavy (non-hydrogen) atoms. The lowest BCUT2D eigenvalue weighted by Crippen LogP contribution is -2.23. The number of hydrogen-bond acceptors (Lipinski definition) is 2. The van der Waals surface area contributed by atoms with E-state index in [0.29, 0.717) is 6.04 Å². The Balaban J connectivity index is 1.59. The van der Waals surface area contributed by atoms with Gasteiger partial charge in [-0.25, -0.2) is 9.78 Å². The first-order valence-corrected chi connectivity index (χ1v) is 6.07. The van der Waals surface area contributed by atoms with Gasteiger partial charge in [0.25, 0.3) is 0 Å². The zero-order valence-corrected chi connectivity index (χ0v) is 9.70. The zero-order chi connectivity index (χ0) is 11.7. The summed E-state index contributed by atoms with van der Waals surface area (Å²) >= 11 is 0. The molecule has 0 aliphatic heterocycles. The molecule has 0 amide bonds. The van der Waals surface area contributed by atoms with E-state index in [0.717, 1.165) is 32.4 Å². The molecule has 0 radical (unpaired) electrons. The van der Waals surface area contributed by atoms with Crippen LogP contribution < -0.4 is 5.69 Å². The van der Waals surface area contributed by atoms with Crippen LogP contribution in [0, 0.1) is 0 Å². The van der Waals surface area contributed by atoms with Gasteiger partial charge in [-0.15, -0.1) is 0 Å². The van der Waals surface area contributed by atoms with Gasteiger partial charge in [0, 0.05) is 43.9 Å². The summed E-state index contributed by atoms with van der Waals surface area (Å²) in [6.07, 6.45) is 12.6. The standard InChI is InChI=1S/C12H16N4O/c17-12-15(8-9-16(12)11-2-3-11)6-1-5-14-7-4-13-10-14/h4,7-11H,1-3,5-6H2. The molecule has 1 aliphatic carbocycles. The lowest BCUT2D eigenvalue weighted by atomic mass is 10.4. The molecule has 1 fully saturated rings. The Morgan fingerprint density at radius 2 is 2.12 bits per heavy atom. The van der Waals surface area contributed by atoms with Crippen molar-refractivity contribution in [2.45, 2.75) is 38.4 Å². The van der Waals surface area contributed by atoms with E-state index < -0.39 is 0 Å². The highest BCUT2D eigenvalue weighted by atomic mass is 16.1. The van der Waals surface area contributed by atoms with Crippen molar-refractivity contribution in [3.63, 3.8) is 0 Å². The fourth-order valence-corrected chi connectivity index (χ4v) is 2.07. The van der Waals surface area contributed by atoms with Crippen LogP contribution in [0.1, 0.15) is 25.3 Å². The van der Waals surface area contributed by atoms with Crippen molar-refractivity contribution in [2.75, 3.05) is 0 Å². The second kappa shape index (κ2) is 4.24. The molecular weight excluding hydrogens is 216 g/mol. The minimum absolute atomic E-state index is 0.137. The molecule has 2 aromatic heterocycles. The number of hydrogen-bond donors (Lipinski definition) is 0. The zero-order valence-electron chi connectivity index (χ0n) is 9.70. The first-order chi connectivity index (χ1) is 8.34. The van der Waals surface area contributed by atoms with Crippen molar-refractivity contribution in [2.24, 2.45) is 0 Å². The van der Waals surface area contributed by atoms with Crippen molar-refractivity contribution < 1.29 is 0 Å². The van der Waals surface area contributed by atoms with Crippen molar-refractivity contribution in [1.82, 2.24) is 18.7 Å². The Hall–Kier alpha value is -1.78. The molecule has 3 rings (SSSR count). The second-order valence-corrected chi connectivity index (χ2v) is 4.57. The van der Waals surface area contributed by atoms with Crippen LogP contribution in [0.3, 0.4) is 0 Å². The summed E-state index contributed by atoms with van der Waals surface area (Å²) in [7, 11) is 0. The number of imidazole rings is 2. The summed E-state index contributed by atoms with van der Waals surface area (Å²) in [5, 5.41) is 0. The first kappa shape index (κ1) is 10.4. The van der Waals surface area contributed by atoms with Gasteiger partial charge in [0.05, 0.1) is 6.33 Å². The molecule has 90 valence electrons. The molecule has 1 saturated carbocycles. The Bertz CT molecular complexity index is 533. The lowest BCUT2D eigenvalue weighted by molar-refractivity contribution is 0.541. The van der Waals surface area contributed by atoms with Crippen LogP contribution in [-0.2, 0) is 13.1 Å². The van der Waals surface area contributed by atoms with Crippen LogP contribution in [0.2, 0.25) is 0 Å². The summed E-state index contributed by atoms with van der Waals surface area (Å²) < 4.78 is 5.69. The molecule has 0 aromatic carbocycles. The van der Waals surface area contributed by atoms with E-state index in [-0.39, 0.29) is 5.69 Å². The largest absolute Gasteiger partial charge is 0.337 e. The molecule has 2 heterocycles. The highest BCUT2D eigenvalue weighted by molar-refractivity contribution is 4.91. The van der Waals surface area contributed by atoms with Gasteiger partial charge in [0.2, 0.25) is 0 Å². The van der Waals surface area contributed by atoms with Gasteiger partial charge in [-0.2, -0.15) is 0 Å².